The van der Waals surface area contributed by atoms with Crippen molar-refractivity contribution in [1.82, 2.24) is 0 Å². The van der Waals surface area contributed by atoms with E-state index in [-0.39, 0.29) is 12.5 Å². The summed E-state index contributed by atoms with van der Waals surface area (Å²) in [5.41, 5.74) is 3.30. The third-order valence-corrected chi connectivity index (χ3v) is 3.48. The molecule has 1 rings (SSSR count). The Labute approximate surface area is 104 Å². The van der Waals surface area contributed by atoms with E-state index in [0.29, 0.717) is 0 Å². The molecule has 2 N–H and O–H groups in total. The molecule has 96 valence electrons. The van der Waals surface area contributed by atoms with E-state index in [9.17, 15) is 10.2 Å². The van der Waals surface area contributed by atoms with Gasteiger partial charge in [0.15, 0.2) is 0 Å². The van der Waals surface area contributed by atoms with E-state index in [4.69, 9.17) is 0 Å². The maximum absolute atomic E-state index is 10.2. The summed E-state index contributed by atoms with van der Waals surface area (Å²) in [5, 5.41) is 19.4. The van der Waals surface area contributed by atoms with Gasteiger partial charge in [0, 0.05) is 5.92 Å². The quantitative estimate of drug-likeness (QED) is 0.724. The van der Waals surface area contributed by atoms with Gasteiger partial charge in [0.05, 0.1) is 12.7 Å². The minimum atomic E-state index is -0.513. The van der Waals surface area contributed by atoms with E-state index in [0.717, 1.165) is 31.3 Å². The second-order valence-corrected chi connectivity index (χ2v) is 5.05. The van der Waals surface area contributed by atoms with E-state index in [1.807, 2.05) is 13.0 Å². The molecule has 1 aliphatic carbocycles. The topological polar surface area (TPSA) is 40.5 Å². The van der Waals surface area contributed by atoms with E-state index >= 15 is 0 Å². The molecule has 1 aliphatic rings. The largest absolute Gasteiger partial charge is 0.392 e. The molecule has 0 aliphatic heterocycles. The molecule has 0 amide bonds. The van der Waals surface area contributed by atoms with Crippen LogP contribution >= 0.6 is 0 Å². The van der Waals surface area contributed by atoms with Crippen LogP contribution < -0.4 is 0 Å². The van der Waals surface area contributed by atoms with Crippen LogP contribution in [0.1, 0.15) is 39.5 Å². The predicted molar refractivity (Wildman–Crippen MR) is 71.7 cm³/mol. The molecule has 0 aromatic carbocycles. The first-order valence-corrected chi connectivity index (χ1v) is 6.34. The summed E-state index contributed by atoms with van der Waals surface area (Å²) in [6.45, 7) is 8.00. The molecule has 0 aromatic heterocycles. The van der Waals surface area contributed by atoms with E-state index < -0.39 is 6.10 Å². The van der Waals surface area contributed by atoms with Crippen LogP contribution in [0.4, 0.5) is 0 Å². The van der Waals surface area contributed by atoms with Gasteiger partial charge in [-0.3, -0.25) is 0 Å². The lowest BCUT2D eigenvalue weighted by Gasteiger charge is -2.23. The maximum Gasteiger partial charge on any atom is 0.0789 e. The van der Waals surface area contributed by atoms with E-state index in [2.05, 4.69) is 19.6 Å². The lowest BCUT2D eigenvalue weighted by atomic mass is 9.86. The van der Waals surface area contributed by atoms with Crippen molar-refractivity contribution in [2.24, 2.45) is 5.92 Å². The standard InChI is InChI=1S/C15H24O2/c1-11-5-4-6-12(2)9-15(17)14(8-7-11)13(3)10-16/h5,9,14-17H,3-4,6-8,10H2,1-2H3. The Bertz CT molecular complexity index is 326. The fourth-order valence-corrected chi connectivity index (χ4v) is 2.26. The second kappa shape index (κ2) is 6.77. The first kappa shape index (κ1) is 14.2. The molecular weight excluding hydrogens is 212 g/mol. The summed E-state index contributed by atoms with van der Waals surface area (Å²) in [5.74, 6) is -0.0311. The lowest BCUT2D eigenvalue weighted by Crippen LogP contribution is -2.22. The molecule has 0 fully saturated rings. The van der Waals surface area contributed by atoms with Crippen molar-refractivity contribution in [2.45, 2.75) is 45.6 Å². The van der Waals surface area contributed by atoms with Crippen LogP contribution in [-0.2, 0) is 0 Å². The molecule has 0 bridgehead atoms. The lowest BCUT2D eigenvalue weighted by molar-refractivity contribution is 0.154. The highest BCUT2D eigenvalue weighted by atomic mass is 16.3. The van der Waals surface area contributed by atoms with Gasteiger partial charge in [-0.05, 0) is 45.1 Å². The molecule has 0 heterocycles. The minimum Gasteiger partial charge on any atom is -0.392 e. The average Bonchev–Trinajstić information content (AvgIpc) is 2.28. The summed E-state index contributed by atoms with van der Waals surface area (Å²) in [6, 6.07) is 0. The molecule has 2 heteroatoms. The highest BCUT2D eigenvalue weighted by Gasteiger charge is 2.20. The highest BCUT2D eigenvalue weighted by Crippen LogP contribution is 2.25. The van der Waals surface area contributed by atoms with Crippen molar-refractivity contribution in [1.29, 1.82) is 0 Å². The number of rotatable bonds is 2. The minimum absolute atomic E-state index is 0.0311. The summed E-state index contributed by atoms with van der Waals surface area (Å²) in [7, 11) is 0. The first-order chi connectivity index (χ1) is 8.04. The van der Waals surface area contributed by atoms with Gasteiger partial charge in [-0.15, -0.1) is 0 Å². The van der Waals surface area contributed by atoms with Crippen LogP contribution in [0.15, 0.2) is 35.5 Å². The van der Waals surface area contributed by atoms with Crippen LogP contribution in [0.25, 0.3) is 0 Å². The molecular formula is C15H24O2. The van der Waals surface area contributed by atoms with Crippen LogP contribution in [0, 0.1) is 5.92 Å². The van der Waals surface area contributed by atoms with Crippen LogP contribution in [0.3, 0.4) is 0 Å². The number of hydrogen-bond acceptors (Lipinski definition) is 2. The average molecular weight is 236 g/mol. The van der Waals surface area contributed by atoms with Crippen molar-refractivity contribution < 1.29 is 10.2 Å². The molecule has 2 atom stereocenters. The van der Waals surface area contributed by atoms with Crippen molar-refractivity contribution >= 4 is 0 Å². The second-order valence-electron chi connectivity index (χ2n) is 5.05. The monoisotopic (exact) mass is 236 g/mol. The summed E-state index contributed by atoms with van der Waals surface area (Å²) in [6.07, 6.45) is 7.54. The molecule has 2 unspecified atom stereocenters. The fraction of sp³-hybridized carbons (Fsp3) is 0.600. The molecule has 2 nitrogen and oxygen atoms in total. The highest BCUT2D eigenvalue weighted by molar-refractivity contribution is 5.14. The van der Waals surface area contributed by atoms with Gasteiger partial charge < -0.3 is 10.2 Å². The summed E-state index contributed by atoms with van der Waals surface area (Å²) >= 11 is 0. The smallest absolute Gasteiger partial charge is 0.0789 e. The Hall–Kier alpha value is -0.860. The number of allylic oxidation sites excluding steroid dienone is 3. The van der Waals surface area contributed by atoms with Crippen molar-refractivity contribution in [3.63, 3.8) is 0 Å². The molecule has 17 heavy (non-hydrogen) atoms. The summed E-state index contributed by atoms with van der Waals surface area (Å²) < 4.78 is 0. The molecule has 0 spiro atoms. The van der Waals surface area contributed by atoms with Crippen molar-refractivity contribution in [3.8, 4) is 0 Å². The molecule has 0 saturated carbocycles. The van der Waals surface area contributed by atoms with Gasteiger partial charge in [0.1, 0.15) is 0 Å². The van der Waals surface area contributed by atoms with Crippen molar-refractivity contribution in [3.05, 3.63) is 35.5 Å². The van der Waals surface area contributed by atoms with Crippen molar-refractivity contribution in [2.75, 3.05) is 6.61 Å². The number of aliphatic hydroxyl groups is 2. The third kappa shape index (κ3) is 4.49. The number of aliphatic hydroxyl groups excluding tert-OH is 2. The van der Waals surface area contributed by atoms with Gasteiger partial charge in [0.25, 0.3) is 0 Å². The van der Waals surface area contributed by atoms with Crippen LogP contribution in [0.2, 0.25) is 0 Å². The van der Waals surface area contributed by atoms with E-state index in [1.54, 1.807) is 0 Å². The van der Waals surface area contributed by atoms with Gasteiger partial charge in [-0.1, -0.05) is 29.9 Å². The van der Waals surface area contributed by atoms with Gasteiger partial charge >= 0.3 is 0 Å². The molecule has 0 saturated heterocycles. The zero-order valence-electron chi connectivity index (χ0n) is 10.9. The first-order valence-electron chi connectivity index (χ1n) is 6.34. The number of hydrogen-bond donors (Lipinski definition) is 2. The summed E-state index contributed by atoms with van der Waals surface area (Å²) in [4.78, 5) is 0. The van der Waals surface area contributed by atoms with Gasteiger partial charge in [0.2, 0.25) is 0 Å². The third-order valence-electron chi connectivity index (χ3n) is 3.48. The Balaban J connectivity index is 2.86. The fourth-order valence-electron chi connectivity index (χ4n) is 2.26. The molecule has 0 aromatic rings. The van der Waals surface area contributed by atoms with Crippen LogP contribution in [0.5, 0.6) is 0 Å². The maximum atomic E-state index is 10.2. The predicted octanol–water partition coefficient (Wildman–Crippen LogP) is 2.98. The Morgan fingerprint density at radius 3 is 2.71 bits per heavy atom. The normalized spacial score (nSPS) is 27.1. The Morgan fingerprint density at radius 1 is 1.35 bits per heavy atom. The Morgan fingerprint density at radius 2 is 2.06 bits per heavy atom. The SMILES string of the molecule is C=C(CO)C1CCC(C)=CCCC(C)=CC1O. The van der Waals surface area contributed by atoms with Gasteiger partial charge in [-0.25, -0.2) is 0 Å². The molecule has 0 radical (unpaired) electrons. The van der Waals surface area contributed by atoms with E-state index in [1.165, 1.54) is 11.1 Å². The van der Waals surface area contributed by atoms with Gasteiger partial charge in [-0.2, -0.15) is 0 Å². The Kier molecular flexibility index (Phi) is 5.66. The zero-order valence-corrected chi connectivity index (χ0v) is 10.9. The van der Waals surface area contributed by atoms with Crippen LogP contribution in [-0.4, -0.2) is 22.9 Å². The zero-order chi connectivity index (χ0) is 12.8.